The van der Waals surface area contributed by atoms with E-state index >= 15 is 0 Å². The van der Waals surface area contributed by atoms with E-state index in [2.05, 4.69) is 0 Å². The maximum atomic E-state index is 12.0. The Balaban J connectivity index is 3.18. The van der Waals surface area contributed by atoms with Crippen LogP contribution in [0.1, 0.15) is 24.2 Å². The first-order valence-electron chi connectivity index (χ1n) is 4.94. The molecule has 17 heavy (non-hydrogen) atoms. The lowest BCUT2D eigenvalue weighted by Crippen LogP contribution is -2.39. The number of benzene rings is 1. The molecule has 3 nitrogen and oxygen atoms in total. The van der Waals surface area contributed by atoms with Gasteiger partial charge in [-0.1, -0.05) is 30.1 Å². The Morgan fingerprint density at radius 3 is 2.18 bits per heavy atom. The van der Waals surface area contributed by atoms with E-state index in [1.807, 2.05) is 0 Å². The van der Waals surface area contributed by atoms with Crippen LogP contribution in [0.3, 0.4) is 0 Å². The van der Waals surface area contributed by atoms with Crippen molar-refractivity contribution in [1.82, 2.24) is 0 Å². The third-order valence-electron chi connectivity index (χ3n) is 2.48. The van der Waals surface area contributed by atoms with Gasteiger partial charge < -0.3 is 0 Å². The van der Waals surface area contributed by atoms with Gasteiger partial charge in [-0.2, -0.15) is 0 Å². The minimum Gasteiger partial charge on any atom is -0.291 e. The number of rotatable bonds is 4. The van der Waals surface area contributed by atoms with Gasteiger partial charge in [0.25, 0.3) is 0 Å². The Labute approximate surface area is 111 Å². The van der Waals surface area contributed by atoms with Crippen LogP contribution >= 0.6 is 23.2 Å². The van der Waals surface area contributed by atoms with Gasteiger partial charge in [0.2, 0.25) is 4.21 Å². The normalized spacial score (nSPS) is 15.3. The summed E-state index contributed by atoms with van der Waals surface area (Å²) in [5.74, 6) is -0.829. The number of alkyl halides is 1. The highest BCUT2D eigenvalue weighted by atomic mass is 35.5. The number of halogens is 2. The van der Waals surface area contributed by atoms with Crippen molar-refractivity contribution in [2.75, 3.05) is 5.75 Å². The van der Waals surface area contributed by atoms with E-state index in [1.165, 1.54) is 38.1 Å². The number of carbonyl (C=O) groups is 1. The van der Waals surface area contributed by atoms with Gasteiger partial charge in [-0.3, -0.25) is 4.79 Å². The molecule has 0 aliphatic heterocycles. The number of ketones is 1. The summed E-state index contributed by atoms with van der Waals surface area (Å²) in [5.41, 5.74) is 0.226. The fourth-order valence-corrected chi connectivity index (χ4v) is 2.78. The van der Waals surface area contributed by atoms with Crippen LogP contribution in [0, 0.1) is 0 Å². The fraction of sp³-hybridized carbons (Fsp3) is 0.364. The highest BCUT2D eigenvalue weighted by Gasteiger charge is 2.43. The molecule has 0 fully saturated rings. The maximum absolute atomic E-state index is 12.0. The first-order valence-corrected chi connectivity index (χ1v) is 7.34. The zero-order valence-electron chi connectivity index (χ0n) is 9.41. The topological polar surface area (TPSA) is 51.2 Å². The predicted octanol–water partition coefficient (Wildman–Crippen LogP) is 2.91. The second kappa shape index (κ2) is 4.96. The number of carbonyl (C=O) groups excluding carboxylic acids is 1. The van der Waals surface area contributed by atoms with Gasteiger partial charge in [-0.25, -0.2) is 8.42 Å². The third kappa shape index (κ3) is 2.81. The lowest BCUT2D eigenvalue weighted by atomic mass is 10.1. The van der Waals surface area contributed by atoms with Crippen LogP contribution in [-0.4, -0.2) is 24.2 Å². The molecule has 0 N–H and O–H groups in total. The second-order valence-electron chi connectivity index (χ2n) is 3.66. The van der Waals surface area contributed by atoms with Crippen molar-refractivity contribution in [3.05, 3.63) is 34.9 Å². The molecule has 1 atom stereocenters. The summed E-state index contributed by atoms with van der Waals surface area (Å²) in [4.78, 5) is 12.0. The molecule has 1 aromatic rings. The van der Waals surface area contributed by atoms with E-state index in [9.17, 15) is 13.2 Å². The van der Waals surface area contributed by atoms with Crippen molar-refractivity contribution in [2.24, 2.45) is 0 Å². The lowest BCUT2D eigenvalue weighted by Gasteiger charge is -2.20. The molecule has 0 amide bonds. The minimum atomic E-state index is -3.67. The summed E-state index contributed by atoms with van der Waals surface area (Å²) in [6.07, 6.45) is 0. The smallest absolute Gasteiger partial charge is 0.205 e. The van der Waals surface area contributed by atoms with Gasteiger partial charge in [-0.15, -0.1) is 0 Å². The molecule has 0 aromatic heterocycles. The Morgan fingerprint density at radius 2 is 1.76 bits per heavy atom. The van der Waals surface area contributed by atoms with Gasteiger partial charge in [0.1, 0.15) is 0 Å². The lowest BCUT2D eigenvalue weighted by molar-refractivity contribution is 0.0978. The molecule has 1 aromatic carbocycles. The van der Waals surface area contributed by atoms with E-state index in [0.717, 1.165) is 0 Å². The standard InChI is InChI=1S/C11H12Cl2O3S/c1-3-17(15,16)11(2,13)10(14)8-4-6-9(12)7-5-8/h4-7H,3H2,1-2H3/t11-/m1/s1. The van der Waals surface area contributed by atoms with Gasteiger partial charge in [0, 0.05) is 16.3 Å². The van der Waals surface area contributed by atoms with E-state index in [4.69, 9.17) is 23.2 Å². The summed E-state index contributed by atoms with van der Waals surface area (Å²) in [7, 11) is -3.67. The molecule has 0 bridgehead atoms. The highest BCUT2D eigenvalue weighted by molar-refractivity contribution is 7.95. The average molecular weight is 295 g/mol. The van der Waals surface area contributed by atoms with Crippen LogP contribution in [0.25, 0.3) is 0 Å². The fourth-order valence-electron chi connectivity index (χ4n) is 1.27. The summed E-state index contributed by atoms with van der Waals surface area (Å²) < 4.78 is 21.5. The van der Waals surface area contributed by atoms with E-state index in [1.54, 1.807) is 0 Å². The highest BCUT2D eigenvalue weighted by Crippen LogP contribution is 2.28. The summed E-state index contributed by atoms with van der Waals surface area (Å²) in [5, 5.41) is 0.469. The molecule has 0 aliphatic rings. The summed E-state index contributed by atoms with van der Waals surface area (Å²) in [6, 6.07) is 5.94. The SMILES string of the molecule is CCS(=O)(=O)[C@@](C)(Cl)C(=O)c1ccc(Cl)cc1. The van der Waals surface area contributed by atoms with E-state index in [-0.39, 0.29) is 11.3 Å². The van der Waals surface area contributed by atoms with Gasteiger partial charge in [-0.05, 0) is 31.2 Å². The first kappa shape index (κ1) is 14.5. The van der Waals surface area contributed by atoms with Crippen LogP contribution in [-0.2, 0) is 9.84 Å². The molecular weight excluding hydrogens is 283 g/mol. The number of sulfone groups is 1. The van der Waals surface area contributed by atoms with Gasteiger partial charge >= 0.3 is 0 Å². The minimum absolute atomic E-state index is 0.188. The van der Waals surface area contributed by atoms with Crippen LogP contribution in [0.15, 0.2) is 24.3 Å². The third-order valence-corrected chi connectivity index (χ3v) is 5.72. The number of Topliss-reactive ketones (excluding diaryl/α,β-unsaturated/α-hetero) is 1. The monoisotopic (exact) mass is 294 g/mol. The average Bonchev–Trinajstić information content (AvgIpc) is 2.28. The van der Waals surface area contributed by atoms with Crippen molar-refractivity contribution >= 4 is 38.8 Å². The predicted molar refractivity (Wildman–Crippen MR) is 69.5 cm³/mol. The van der Waals surface area contributed by atoms with E-state index in [0.29, 0.717) is 5.02 Å². The zero-order chi connectivity index (χ0) is 13.3. The quantitative estimate of drug-likeness (QED) is 0.634. The van der Waals surface area contributed by atoms with Crippen molar-refractivity contribution in [1.29, 1.82) is 0 Å². The number of hydrogen-bond donors (Lipinski definition) is 0. The molecule has 0 spiro atoms. The molecule has 94 valence electrons. The number of hydrogen-bond acceptors (Lipinski definition) is 3. The molecule has 0 radical (unpaired) electrons. The Morgan fingerprint density at radius 1 is 1.29 bits per heavy atom. The summed E-state index contributed by atoms with van der Waals surface area (Å²) in [6.45, 7) is 2.65. The van der Waals surface area contributed by atoms with Crippen molar-refractivity contribution < 1.29 is 13.2 Å². The summed E-state index contributed by atoms with van der Waals surface area (Å²) >= 11 is 11.6. The van der Waals surface area contributed by atoms with Gasteiger partial charge in [0.05, 0.1) is 0 Å². The Kier molecular flexibility index (Phi) is 4.23. The van der Waals surface area contributed by atoms with Crippen molar-refractivity contribution in [3.63, 3.8) is 0 Å². The molecule has 0 saturated carbocycles. The van der Waals surface area contributed by atoms with Crippen LogP contribution < -0.4 is 0 Å². The van der Waals surface area contributed by atoms with Crippen LogP contribution in [0.5, 0.6) is 0 Å². The molecule has 0 aliphatic carbocycles. The Hall–Kier alpha value is -0.580. The van der Waals surface area contributed by atoms with Gasteiger partial charge in [0.15, 0.2) is 15.6 Å². The van der Waals surface area contributed by atoms with Crippen molar-refractivity contribution in [2.45, 2.75) is 18.1 Å². The maximum Gasteiger partial charge on any atom is 0.205 e. The van der Waals surface area contributed by atoms with Crippen LogP contribution in [0.2, 0.25) is 5.02 Å². The molecule has 0 heterocycles. The molecule has 0 unspecified atom stereocenters. The molecular formula is C11H12Cl2O3S. The van der Waals surface area contributed by atoms with Crippen molar-refractivity contribution in [3.8, 4) is 0 Å². The second-order valence-corrected chi connectivity index (χ2v) is 7.70. The zero-order valence-corrected chi connectivity index (χ0v) is 11.7. The first-order chi connectivity index (χ1) is 7.72. The van der Waals surface area contributed by atoms with E-state index < -0.39 is 19.8 Å². The Bertz CT molecular complexity index is 518. The molecule has 6 heteroatoms. The largest absolute Gasteiger partial charge is 0.291 e. The molecule has 0 saturated heterocycles. The molecule has 1 rings (SSSR count). The van der Waals surface area contributed by atoms with Crippen LogP contribution in [0.4, 0.5) is 0 Å².